The van der Waals surface area contributed by atoms with E-state index in [4.69, 9.17) is 4.74 Å². The minimum Gasteiger partial charge on any atom is -0.487 e. The molecule has 1 saturated heterocycles. The maximum Gasteiger partial charge on any atom is 0.416 e. The van der Waals surface area contributed by atoms with E-state index in [1.165, 1.54) is 29.3 Å². The van der Waals surface area contributed by atoms with Crippen LogP contribution in [0, 0.1) is 0 Å². The molecule has 0 radical (unpaired) electrons. The van der Waals surface area contributed by atoms with E-state index < -0.39 is 28.9 Å². The van der Waals surface area contributed by atoms with Gasteiger partial charge < -0.3 is 14.7 Å². The second-order valence-corrected chi connectivity index (χ2v) is 12.5. The van der Waals surface area contributed by atoms with E-state index in [0.29, 0.717) is 18.4 Å². The molecule has 2 fully saturated rings. The van der Waals surface area contributed by atoms with Crippen LogP contribution in [0.2, 0.25) is 0 Å². The highest BCUT2D eigenvalue weighted by molar-refractivity contribution is 5.92. The zero-order valence-electron chi connectivity index (χ0n) is 24.1. The number of likely N-dealkylation sites (N-methyl/N-ethyl adjacent to an activating group) is 1. The first-order chi connectivity index (χ1) is 20.6. The van der Waals surface area contributed by atoms with Gasteiger partial charge in [0.15, 0.2) is 0 Å². The molecule has 2 aliphatic carbocycles. The van der Waals surface area contributed by atoms with E-state index in [2.05, 4.69) is 35.2 Å². The molecular formula is C35H35F3N2O3. The maximum atomic E-state index is 13.4. The van der Waals surface area contributed by atoms with Crippen LogP contribution >= 0.6 is 0 Å². The van der Waals surface area contributed by atoms with Gasteiger partial charge in [0.2, 0.25) is 5.91 Å². The summed E-state index contributed by atoms with van der Waals surface area (Å²) in [7, 11) is 1.73. The Morgan fingerprint density at radius 3 is 2.67 bits per heavy atom. The molecule has 5 nitrogen and oxygen atoms in total. The van der Waals surface area contributed by atoms with Crippen molar-refractivity contribution in [2.24, 2.45) is 0 Å². The predicted octanol–water partition coefficient (Wildman–Crippen LogP) is 5.64. The van der Waals surface area contributed by atoms with Crippen LogP contribution in [0.5, 0.6) is 5.75 Å². The number of piperidine rings is 1. The first-order valence-electron chi connectivity index (χ1n) is 15.0. The Morgan fingerprint density at radius 1 is 1.09 bits per heavy atom. The number of likely N-dealkylation sites (tertiary alicyclic amines) is 1. The molecule has 224 valence electrons. The number of alkyl halides is 3. The van der Waals surface area contributed by atoms with Crippen molar-refractivity contribution in [2.45, 2.75) is 67.5 Å². The van der Waals surface area contributed by atoms with Gasteiger partial charge in [-0.2, -0.15) is 13.2 Å². The van der Waals surface area contributed by atoms with Crippen LogP contribution in [0.15, 0.2) is 78.9 Å². The molecule has 4 aliphatic rings. The van der Waals surface area contributed by atoms with E-state index in [1.807, 2.05) is 18.2 Å². The van der Waals surface area contributed by atoms with E-state index >= 15 is 0 Å². The first-order valence-corrected chi connectivity index (χ1v) is 15.0. The fraction of sp³-hybridized carbons (Fsp3) is 0.400. The molecule has 5 atom stereocenters. The van der Waals surface area contributed by atoms with Crippen molar-refractivity contribution in [3.05, 3.63) is 107 Å². The third-order valence-corrected chi connectivity index (χ3v) is 10.4. The van der Waals surface area contributed by atoms with Crippen molar-refractivity contribution in [3.63, 3.8) is 0 Å². The SMILES string of the molecule is CN(C(=O)C=Cc1cccc(C(F)(F)F)c1)[C@H]1CC[C@@]2(O)[C@H]3Cc4cccc5c4[C@@]2(CCN3CCc2ccccc2)[C@H]1O5. The Hall–Kier alpha value is -3.62. The molecule has 2 heterocycles. The summed E-state index contributed by atoms with van der Waals surface area (Å²) in [6.45, 7) is 1.68. The Balaban J connectivity index is 1.17. The Morgan fingerprint density at radius 2 is 1.88 bits per heavy atom. The molecule has 0 aromatic heterocycles. The number of rotatable bonds is 6. The van der Waals surface area contributed by atoms with Gasteiger partial charge in [-0.3, -0.25) is 9.69 Å². The number of halogens is 3. The number of benzene rings is 3. The zero-order chi connectivity index (χ0) is 30.0. The second kappa shape index (κ2) is 10.2. The van der Waals surface area contributed by atoms with Gasteiger partial charge in [-0.1, -0.05) is 54.6 Å². The summed E-state index contributed by atoms with van der Waals surface area (Å²) in [5, 5.41) is 12.7. The molecule has 1 saturated carbocycles. The van der Waals surface area contributed by atoms with Gasteiger partial charge in [-0.15, -0.1) is 0 Å². The van der Waals surface area contributed by atoms with Crippen LogP contribution in [0.4, 0.5) is 13.2 Å². The Kier molecular flexibility index (Phi) is 6.71. The van der Waals surface area contributed by atoms with Crippen LogP contribution in [0.1, 0.15) is 47.1 Å². The normalized spacial score (nSPS) is 29.3. The van der Waals surface area contributed by atoms with E-state index in [1.54, 1.807) is 18.0 Å². The number of nitrogens with zero attached hydrogens (tertiary/aromatic N) is 2. The fourth-order valence-corrected chi connectivity index (χ4v) is 8.42. The third kappa shape index (κ3) is 4.41. The third-order valence-electron chi connectivity index (χ3n) is 10.4. The highest BCUT2D eigenvalue weighted by atomic mass is 19.4. The van der Waals surface area contributed by atoms with Crippen molar-refractivity contribution in [1.29, 1.82) is 0 Å². The molecule has 1 amide bonds. The topological polar surface area (TPSA) is 53.0 Å². The second-order valence-electron chi connectivity index (χ2n) is 12.5. The summed E-state index contributed by atoms with van der Waals surface area (Å²) < 4.78 is 46.2. The molecule has 2 bridgehead atoms. The van der Waals surface area contributed by atoms with Crippen LogP contribution in [0.3, 0.4) is 0 Å². The molecule has 43 heavy (non-hydrogen) atoms. The first kappa shape index (κ1) is 28.2. The number of carbonyl (C=O) groups is 1. The highest BCUT2D eigenvalue weighted by Crippen LogP contribution is 2.64. The van der Waals surface area contributed by atoms with Gasteiger partial charge in [0.25, 0.3) is 0 Å². The fourth-order valence-electron chi connectivity index (χ4n) is 8.42. The summed E-state index contributed by atoms with van der Waals surface area (Å²) in [6, 6.07) is 21.1. The molecule has 8 heteroatoms. The van der Waals surface area contributed by atoms with Crippen molar-refractivity contribution in [3.8, 4) is 5.75 Å². The molecule has 2 aliphatic heterocycles. The summed E-state index contributed by atoms with van der Waals surface area (Å²) >= 11 is 0. The Labute approximate surface area is 249 Å². The van der Waals surface area contributed by atoms with Gasteiger partial charge in [0.05, 0.1) is 22.6 Å². The predicted molar refractivity (Wildman–Crippen MR) is 158 cm³/mol. The molecule has 1 spiro atoms. The van der Waals surface area contributed by atoms with Gasteiger partial charge in [0.1, 0.15) is 11.9 Å². The summed E-state index contributed by atoms with van der Waals surface area (Å²) in [6.07, 6.45) is 1.37. The van der Waals surface area contributed by atoms with Crippen molar-refractivity contribution in [2.75, 3.05) is 20.1 Å². The van der Waals surface area contributed by atoms with Crippen LogP contribution < -0.4 is 4.74 Å². The number of ether oxygens (including phenoxy) is 1. The van der Waals surface area contributed by atoms with Crippen LogP contribution in [-0.2, 0) is 29.2 Å². The Bertz CT molecular complexity index is 1570. The molecule has 3 aromatic rings. The standard InChI is InChI=1S/C35H35F3N2O3/c1-39(30(41)14-13-24-9-5-11-26(21-24)35(36,37)38)27-15-17-34(42)29-22-25-10-6-12-28-31(25)33(34,32(27)43-28)18-20-40(29)19-16-23-7-3-2-4-8-23/h2-14,21,27,29,32,42H,15-20,22H2,1H3/t27-,29+,32-,33-,34+/m0/s1. The monoisotopic (exact) mass is 588 g/mol. The minimum absolute atomic E-state index is 0.0559. The van der Waals surface area contributed by atoms with E-state index in [0.717, 1.165) is 55.8 Å². The van der Waals surface area contributed by atoms with Crippen molar-refractivity contribution in [1.82, 2.24) is 9.80 Å². The number of hydrogen-bond donors (Lipinski definition) is 1. The summed E-state index contributed by atoms with van der Waals surface area (Å²) in [4.78, 5) is 17.5. The largest absolute Gasteiger partial charge is 0.487 e. The minimum atomic E-state index is -4.45. The lowest BCUT2D eigenvalue weighted by atomic mass is 9.48. The van der Waals surface area contributed by atoms with Crippen molar-refractivity contribution < 1.29 is 27.8 Å². The summed E-state index contributed by atoms with van der Waals surface area (Å²) in [5.41, 5.74) is 1.51. The number of aliphatic hydroxyl groups is 1. The van der Waals surface area contributed by atoms with Gasteiger partial charge >= 0.3 is 6.18 Å². The average Bonchev–Trinajstić information content (AvgIpc) is 3.34. The molecule has 7 rings (SSSR count). The average molecular weight is 589 g/mol. The van der Waals surface area contributed by atoms with Gasteiger partial charge in [-0.25, -0.2) is 0 Å². The van der Waals surface area contributed by atoms with Gasteiger partial charge in [0, 0.05) is 31.3 Å². The highest BCUT2D eigenvalue weighted by Gasteiger charge is 2.72. The molecule has 1 N–H and O–H groups in total. The quantitative estimate of drug-likeness (QED) is 0.379. The van der Waals surface area contributed by atoms with Crippen molar-refractivity contribution >= 4 is 12.0 Å². The van der Waals surface area contributed by atoms with E-state index in [9.17, 15) is 23.1 Å². The van der Waals surface area contributed by atoms with E-state index in [-0.39, 0.29) is 18.0 Å². The lowest BCUT2D eigenvalue weighted by molar-refractivity contribution is -0.199. The number of carbonyl (C=O) groups excluding carboxylic acids is 1. The molecule has 0 unspecified atom stereocenters. The van der Waals surface area contributed by atoms with Gasteiger partial charge in [-0.05, 0) is 79.6 Å². The smallest absolute Gasteiger partial charge is 0.416 e. The lowest BCUT2D eigenvalue weighted by Gasteiger charge is -2.64. The maximum absolute atomic E-state index is 13.4. The molecular weight excluding hydrogens is 553 g/mol. The molecule has 3 aromatic carbocycles. The lowest BCUT2D eigenvalue weighted by Crippen LogP contribution is -2.78. The zero-order valence-corrected chi connectivity index (χ0v) is 24.1. The van der Waals surface area contributed by atoms with Crippen LogP contribution in [-0.4, -0.2) is 64.7 Å². The van der Waals surface area contributed by atoms with Crippen LogP contribution in [0.25, 0.3) is 6.08 Å². The summed E-state index contributed by atoms with van der Waals surface area (Å²) in [5.74, 6) is 0.487. The number of hydrogen-bond acceptors (Lipinski definition) is 4. The number of amides is 1.